The van der Waals surface area contributed by atoms with E-state index in [1.54, 1.807) is 0 Å². The van der Waals surface area contributed by atoms with Crippen LogP contribution in [0.3, 0.4) is 0 Å². The summed E-state index contributed by atoms with van der Waals surface area (Å²) >= 11 is 0. The molecule has 0 aliphatic heterocycles. The lowest BCUT2D eigenvalue weighted by atomic mass is 9.99. The summed E-state index contributed by atoms with van der Waals surface area (Å²) in [5.74, 6) is 0.00604. The largest absolute Gasteiger partial charge is 0.462 e. The molecule has 0 spiro atoms. The Morgan fingerprint density at radius 3 is 0.852 bits per heavy atom. The third-order valence-corrected chi connectivity index (χ3v) is 12.9. The second-order valence-electron chi connectivity index (χ2n) is 19.1. The second-order valence-corrected chi connectivity index (χ2v) is 19.1. The molecule has 0 radical (unpaired) electrons. The first kappa shape index (κ1) is 59.4. The van der Waals surface area contributed by atoms with Crippen LogP contribution < -0.4 is 0 Å². The van der Waals surface area contributed by atoms with Gasteiger partial charge in [0.2, 0.25) is 0 Å². The molecule has 0 aromatic rings. The van der Waals surface area contributed by atoms with Gasteiger partial charge in [-0.1, -0.05) is 272 Å². The fraction of sp³-hybridized carbons (Fsp3) is 0.945. The van der Waals surface area contributed by atoms with Crippen molar-refractivity contribution in [3.8, 4) is 0 Å². The third kappa shape index (κ3) is 47.7. The normalized spacial score (nSPS) is 12.4. The number of hydrogen-bond donors (Lipinski definition) is 0. The average molecular weight is 863 g/mol. The lowest BCUT2D eigenvalue weighted by molar-refractivity contribution is -0.167. The fourth-order valence-electron chi connectivity index (χ4n) is 8.36. The maximum Gasteiger partial charge on any atom is 0.306 e. The molecule has 0 saturated heterocycles. The summed E-state index contributed by atoms with van der Waals surface area (Å²) in [6.45, 7) is 9.04. The zero-order chi connectivity index (χ0) is 44.5. The van der Waals surface area contributed by atoms with Crippen molar-refractivity contribution in [3.05, 3.63) is 0 Å². The van der Waals surface area contributed by atoms with Crippen LogP contribution in [0, 0.1) is 5.92 Å². The Morgan fingerprint density at radius 1 is 0.328 bits per heavy atom. The molecule has 2 atom stereocenters. The van der Waals surface area contributed by atoms with Crippen LogP contribution in [-0.4, -0.2) is 37.2 Å². The molecule has 6 heteroatoms. The summed E-state index contributed by atoms with van der Waals surface area (Å²) in [5, 5.41) is 0. The summed E-state index contributed by atoms with van der Waals surface area (Å²) < 4.78 is 16.8. The van der Waals surface area contributed by atoms with Crippen LogP contribution in [0.15, 0.2) is 0 Å². The van der Waals surface area contributed by atoms with Crippen LogP contribution in [0.25, 0.3) is 0 Å². The van der Waals surface area contributed by atoms with Gasteiger partial charge < -0.3 is 14.2 Å². The van der Waals surface area contributed by atoms with Crippen molar-refractivity contribution in [2.75, 3.05) is 13.2 Å². The Bertz CT molecular complexity index is 920. The second kappa shape index (κ2) is 49.4. The molecular weight excluding hydrogens is 757 g/mol. The molecule has 0 aliphatic carbocycles. The van der Waals surface area contributed by atoms with Crippen LogP contribution in [-0.2, 0) is 28.6 Å². The Hall–Kier alpha value is -1.59. The van der Waals surface area contributed by atoms with Gasteiger partial charge >= 0.3 is 17.9 Å². The van der Waals surface area contributed by atoms with E-state index in [1.807, 2.05) is 0 Å². The molecule has 0 N–H and O–H groups in total. The number of unbranched alkanes of at least 4 members (excludes halogenated alkanes) is 36. The van der Waals surface area contributed by atoms with Crippen molar-refractivity contribution >= 4 is 17.9 Å². The fourth-order valence-corrected chi connectivity index (χ4v) is 8.36. The van der Waals surface area contributed by atoms with Gasteiger partial charge in [-0.25, -0.2) is 0 Å². The topological polar surface area (TPSA) is 78.9 Å². The molecule has 0 bridgehead atoms. The SMILES string of the molecule is CCCCCCCCCCCCCCCCCCCCC(=O)O[C@@H](COC(=O)CCCCCCCCCCCCCCC)COC(=O)CCCCCCCCCCC(C)CC. The molecule has 0 fully saturated rings. The molecule has 0 rings (SSSR count). The van der Waals surface area contributed by atoms with E-state index in [9.17, 15) is 14.4 Å². The zero-order valence-electron chi connectivity index (χ0n) is 41.6. The van der Waals surface area contributed by atoms with Crippen molar-refractivity contribution < 1.29 is 28.6 Å². The third-order valence-electron chi connectivity index (χ3n) is 12.9. The van der Waals surface area contributed by atoms with Gasteiger partial charge in [-0.3, -0.25) is 14.4 Å². The van der Waals surface area contributed by atoms with E-state index in [2.05, 4.69) is 27.7 Å². The van der Waals surface area contributed by atoms with Crippen molar-refractivity contribution in [1.82, 2.24) is 0 Å². The minimum absolute atomic E-state index is 0.0627. The molecule has 1 unspecified atom stereocenters. The van der Waals surface area contributed by atoms with Crippen LogP contribution in [0.4, 0.5) is 0 Å². The Balaban J connectivity index is 4.29. The molecule has 0 aromatic heterocycles. The molecule has 0 heterocycles. The summed E-state index contributed by atoms with van der Waals surface area (Å²) in [4.78, 5) is 38.0. The number of hydrogen-bond acceptors (Lipinski definition) is 6. The predicted octanol–water partition coefficient (Wildman–Crippen LogP) is 17.8. The van der Waals surface area contributed by atoms with Gasteiger partial charge in [-0.2, -0.15) is 0 Å². The first-order chi connectivity index (χ1) is 29.9. The lowest BCUT2D eigenvalue weighted by Gasteiger charge is -2.18. The van der Waals surface area contributed by atoms with Gasteiger partial charge in [0.25, 0.3) is 0 Å². The molecule has 6 nitrogen and oxygen atoms in total. The highest BCUT2D eigenvalue weighted by atomic mass is 16.6. The first-order valence-electron chi connectivity index (χ1n) is 27.4. The predicted molar refractivity (Wildman–Crippen MR) is 261 cm³/mol. The first-order valence-corrected chi connectivity index (χ1v) is 27.4. The van der Waals surface area contributed by atoms with Gasteiger partial charge in [0.15, 0.2) is 6.10 Å². The summed E-state index contributed by atoms with van der Waals surface area (Å²) in [5.41, 5.74) is 0. The van der Waals surface area contributed by atoms with Crippen molar-refractivity contribution in [2.24, 2.45) is 5.92 Å². The zero-order valence-corrected chi connectivity index (χ0v) is 41.6. The van der Waals surface area contributed by atoms with Gasteiger partial charge in [0.1, 0.15) is 13.2 Å². The highest BCUT2D eigenvalue weighted by molar-refractivity contribution is 5.71. The molecule has 0 saturated carbocycles. The highest BCUT2D eigenvalue weighted by Gasteiger charge is 2.19. The minimum Gasteiger partial charge on any atom is -0.462 e. The number of esters is 3. The monoisotopic (exact) mass is 863 g/mol. The highest BCUT2D eigenvalue weighted by Crippen LogP contribution is 2.18. The van der Waals surface area contributed by atoms with E-state index in [0.29, 0.717) is 19.3 Å². The molecular formula is C55H106O6. The van der Waals surface area contributed by atoms with Gasteiger partial charge in [-0.05, 0) is 25.2 Å². The van der Waals surface area contributed by atoms with Gasteiger partial charge in [-0.15, -0.1) is 0 Å². The quantitative estimate of drug-likeness (QED) is 0.0344. The van der Waals surface area contributed by atoms with E-state index in [4.69, 9.17) is 14.2 Å². The van der Waals surface area contributed by atoms with Crippen LogP contribution in [0.5, 0.6) is 0 Å². The van der Waals surface area contributed by atoms with Crippen molar-refractivity contribution in [1.29, 1.82) is 0 Å². The van der Waals surface area contributed by atoms with E-state index >= 15 is 0 Å². The Kier molecular flexibility index (Phi) is 48.1. The molecule has 0 aromatic carbocycles. The standard InChI is InChI=1S/C55H106O6/c1-5-8-10-12-14-16-18-20-21-22-23-24-26-28-30-36-40-44-48-55(58)61-52(50-60-54(57)47-43-39-35-32-31-33-37-41-45-51(4)7-3)49-59-53(56)46-42-38-34-29-27-25-19-17-15-13-11-9-6-2/h51-52H,5-50H2,1-4H3/t51?,52-/m0/s1. The van der Waals surface area contributed by atoms with E-state index in [0.717, 1.165) is 63.7 Å². The maximum atomic E-state index is 12.8. The minimum atomic E-state index is -0.761. The number of carbonyl (C=O) groups is 3. The van der Waals surface area contributed by atoms with Crippen molar-refractivity contribution in [3.63, 3.8) is 0 Å². The average Bonchev–Trinajstić information content (AvgIpc) is 3.26. The van der Waals surface area contributed by atoms with Crippen LogP contribution >= 0.6 is 0 Å². The van der Waals surface area contributed by atoms with E-state index in [1.165, 1.54) is 205 Å². The summed E-state index contributed by atoms with van der Waals surface area (Å²) in [6.07, 6.45) is 52.3. The lowest BCUT2D eigenvalue weighted by Crippen LogP contribution is -2.30. The number of rotatable bonds is 50. The Labute approximate surface area is 380 Å². The molecule has 61 heavy (non-hydrogen) atoms. The van der Waals surface area contributed by atoms with Gasteiger partial charge in [0, 0.05) is 19.3 Å². The molecule has 0 aliphatic rings. The maximum absolute atomic E-state index is 12.8. The number of ether oxygens (including phenoxy) is 3. The summed E-state index contributed by atoms with van der Waals surface area (Å²) in [7, 11) is 0. The van der Waals surface area contributed by atoms with Crippen LogP contribution in [0.1, 0.15) is 310 Å². The van der Waals surface area contributed by atoms with E-state index < -0.39 is 6.10 Å². The van der Waals surface area contributed by atoms with Crippen LogP contribution in [0.2, 0.25) is 0 Å². The van der Waals surface area contributed by atoms with Gasteiger partial charge in [0.05, 0.1) is 0 Å². The smallest absolute Gasteiger partial charge is 0.306 e. The molecule has 0 amide bonds. The van der Waals surface area contributed by atoms with E-state index in [-0.39, 0.29) is 31.1 Å². The summed E-state index contributed by atoms with van der Waals surface area (Å²) in [6, 6.07) is 0. The number of carbonyl (C=O) groups excluding carboxylic acids is 3. The van der Waals surface area contributed by atoms with Crippen molar-refractivity contribution in [2.45, 2.75) is 316 Å². The molecule has 362 valence electrons. The Morgan fingerprint density at radius 2 is 0.574 bits per heavy atom.